The Labute approximate surface area is 197 Å². The van der Waals surface area contributed by atoms with E-state index in [0.29, 0.717) is 31.4 Å². The minimum absolute atomic E-state index is 0.0123. The summed E-state index contributed by atoms with van der Waals surface area (Å²) < 4.78 is 8.13. The molecule has 1 aromatic heterocycles. The molecule has 7 nitrogen and oxygen atoms in total. The molecular formula is C26H40N4O3. The van der Waals surface area contributed by atoms with Crippen LogP contribution in [0.15, 0.2) is 34.6 Å². The highest BCUT2D eigenvalue weighted by Gasteiger charge is 2.51. The van der Waals surface area contributed by atoms with Gasteiger partial charge in [0.15, 0.2) is 5.96 Å². The van der Waals surface area contributed by atoms with E-state index in [1.54, 1.807) is 10.1 Å². The molecule has 4 rings (SSSR count). The van der Waals surface area contributed by atoms with Crippen LogP contribution in [-0.4, -0.2) is 34.8 Å². The lowest BCUT2D eigenvalue weighted by Crippen LogP contribution is -2.47. The predicted octanol–water partition coefficient (Wildman–Crippen LogP) is 4.55. The third-order valence-corrected chi connectivity index (χ3v) is 8.61. The first-order valence-electron chi connectivity index (χ1n) is 12.4. The summed E-state index contributed by atoms with van der Waals surface area (Å²) in [5.41, 5.74) is 15.6. The van der Waals surface area contributed by atoms with Gasteiger partial charge < -0.3 is 25.9 Å². The molecule has 0 radical (unpaired) electrons. The standard InChI is InChI=1S/C26H40N4O3/c1-25(2)10-5-11-26(3)19-14-21(33-16-18(19)7-8-22(25)26)17-9-13-30(15-17)20(23(31)32)6-4-12-29-24(27)28/h9,13,15,20-22H,4-8,10-12,14,16H2,1-3H3,(H,31,32)(H4,27,28,29). The number of hydrogen-bond donors (Lipinski definition) is 3. The number of guanidine groups is 1. The topological polar surface area (TPSA) is 116 Å². The van der Waals surface area contributed by atoms with Crippen molar-refractivity contribution in [1.29, 1.82) is 0 Å². The second-order valence-electron chi connectivity index (χ2n) is 11.1. The normalized spacial score (nSPS) is 29.7. The summed E-state index contributed by atoms with van der Waals surface area (Å²) in [5, 5.41) is 9.78. The molecule has 0 aromatic carbocycles. The molecule has 2 heterocycles. The van der Waals surface area contributed by atoms with Crippen molar-refractivity contribution in [3.05, 3.63) is 35.2 Å². The zero-order chi connectivity index (χ0) is 23.8. The minimum Gasteiger partial charge on any atom is -0.480 e. The second-order valence-corrected chi connectivity index (χ2v) is 11.1. The van der Waals surface area contributed by atoms with Crippen LogP contribution >= 0.6 is 0 Å². The molecule has 0 bridgehead atoms. The molecule has 4 unspecified atom stereocenters. The molecule has 1 saturated carbocycles. The molecule has 0 spiro atoms. The smallest absolute Gasteiger partial charge is 0.326 e. The maximum absolute atomic E-state index is 11.9. The Bertz CT molecular complexity index is 943. The first-order valence-corrected chi connectivity index (χ1v) is 12.4. The van der Waals surface area contributed by atoms with E-state index >= 15 is 0 Å². The van der Waals surface area contributed by atoms with Gasteiger partial charge in [0.1, 0.15) is 6.04 Å². The van der Waals surface area contributed by atoms with Crippen LogP contribution in [0.1, 0.15) is 89.8 Å². The summed E-state index contributed by atoms with van der Waals surface area (Å²) >= 11 is 0. The summed E-state index contributed by atoms with van der Waals surface area (Å²) in [6.07, 6.45) is 12.1. The van der Waals surface area contributed by atoms with E-state index in [2.05, 4.69) is 25.8 Å². The Morgan fingerprint density at radius 1 is 1.33 bits per heavy atom. The highest BCUT2D eigenvalue weighted by Crippen LogP contribution is 2.61. The number of carboxylic acids is 1. The van der Waals surface area contributed by atoms with Gasteiger partial charge in [0.2, 0.25) is 0 Å². The maximum atomic E-state index is 11.9. The summed E-state index contributed by atoms with van der Waals surface area (Å²) in [4.78, 5) is 15.9. The first kappa shape index (κ1) is 23.9. The molecule has 5 N–H and O–H groups in total. The van der Waals surface area contributed by atoms with E-state index in [0.717, 1.165) is 24.3 Å². The molecule has 7 heteroatoms. The van der Waals surface area contributed by atoms with Crippen molar-refractivity contribution >= 4 is 11.9 Å². The van der Waals surface area contributed by atoms with Crippen molar-refractivity contribution in [2.24, 2.45) is 33.2 Å². The van der Waals surface area contributed by atoms with Crippen LogP contribution in [0.3, 0.4) is 0 Å². The third-order valence-electron chi connectivity index (χ3n) is 8.61. The van der Waals surface area contributed by atoms with Gasteiger partial charge in [-0.2, -0.15) is 0 Å². The second kappa shape index (κ2) is 9.16. The number of nitrogens with zero attached hydrogens (tertiary/aromatic N) is 2. The Balaban J connectivity index is 1.50. The quantitative estimate of drug-likeness (QED) is 0.241. The molecule has 33 heavy (non-hydrogen) atoms. The summed E-state index contributed by atoms with van der Waals surface area (Å²) in [6.45, 7) is 8.54. The fourth-order valence-electron chi connectivity index (χ4n) is 6.97. The summed E-state index contributed by atoms with van der Waals surface area (Å²) in [5.74, 6) is -0.0841. The largest absolute Gasteiger partial charge is 0.480 e. The highest BCUT2D eigenvalue weighted by molar-refractivity contribution is 5.75. The summed E-state index contributed by atoms with van der Waals surface area (Å²) in [7, 11) is 0. The molecular weight excluding hydrogens is 416 g/mol. The van der Waals surface area contributed by atoms with Gasteiger partial charge >= 0.3 is 5.97 Å². The van der Waals surface area contributed by atoms with Gasteiger partial charge in [-0.1, -0.05) is 32.8 Å². The highest BCUT2D eigenvalue weighted by atomic mass is 16.5. The fourth-order valence-corrected chi connectivity index (χ4v) is 6.97. The van der Waals surface area contributed by atoms with Crippen molar-refractivity contribution in [2.75, 3.05) is 13.2 Å². The Morgan fingerprint density at radius 2 is 2.12 bits per heavy atom. The van der Waals surface area contributed by atoms with Crippen LogP contribution in [0, 0.1) is 16.7 Å². The van der Waals surface area contributed by atoms with E-state index in [1.165, 1.54) is 31.3 Å². The lowest BCUT2D eigenvalue weighted by molar-refractivity contribution is -0.141. The van der Waals surface area contributed by atoms with Gasteiger partial charge in [-0.3, -0.25) is 4.99 Å². The summed E-state index contributed by atoms with van der Waals surface area (Å²) in [6, 6.07) is 1.39. The van der Waals surface area contributed by atoms with Crippen LogP contribution in [-0.2, 0) is 9.53 Å². The number of nitrogens with two attached hydrogens (primary N) is 2. The van der Waals surface area contributed by atoms with Crippen LogP contribution in [0.25, 0.3) is 0 Å². The van der Waals surface area contributed by atoms with Crippen molar-refractivity contribution < 1.29 is 14.6 Å². The Hall–Kier alpha value is -2.28. The molecule has 1 fully saturated rings. The number of aromatic nitrogens is 1. The number of carbonyl (C=O) groups is 1. The Morgan fingerprint density at radius 3 is 2.85 bits per heavy atom. The van der Waals surface area contributed by atoms with Crippen molar-refractivity contribution in [3.8, 4) is 0 Å². The zero-order valence-corrected chi connectivity index (χ0v) is 20.3. The van der Waals surface area contributed by atoms with Crippen LogP contribution < -0.4 is 11.5 Å². The molecule has 1 aliphatic heterocycles. The van der Waals surface area contributed by atoms with E-state index in [1.807, 2.05) is 18.5 Å². The van der Waals surface area contributed by atoms with Crippen molar-refractivity contribution in [1.82, 2.24) is 4.57 Å². The van der Waals surface area contributed by atoms with Crippen LogP contribution in [0.2, 0.25) is 0 Å². The number of aliphatic imine (C=N–C) groups is 1. The van der Waals surface area contributed by atoms with Gasteiger partial charge in [0.05, 0.1) is 12.7 Å². The van der Waals surface area contributed by atoms with Gasteiger partial charge in [0, 0.05) is 18.9 Å². The van der Waals surface area contributed by atoms with Gasteiger partial charge in [-0.25, -0.2) is 4.79 Å². The van der Waals surface area contributed by atoms with Crippen molar-refractivity contribution in [3.63, 3.8) is 0 Å². The molecule has 0 amide bonds. The number of rotatable bonds is 7. The van der Waals surface area contributed by atoms with Crippen LogP contribution in [0.5, 0.6) is 0 Å². The third kappa shape index (κ3) is 4.70. The number of ether oxygens (including phenoxy) is 1. The molecule has 2 aliphatic carbocycles. The van der Waals surface area contributed by atoms with Crippen LogP contribution in [0.4, 0.5) is 0 Å². The minimum atomic E-state index is -0.844. The van der Waals surface area contributed by atoms with Gasteiger partial charge in [-0.15, -0.1) is 0 Å². The van der Waals surface area contributed by atoms with Gasteiger partial charge in [0.25, 0.3) is 0 Å². The average Bonchev–Trinajstić information content (AvgIpc) is 3.22. The molecule has 4 atom stereocenters. The lowest BCUT2D eigenvalue weighted by atomic mass is 9.49. The van der Waals surface area contributed by atoms with Gasteiger partial charge in [-0.05, 0) is 78.9 Å². The first-order chi connectivity index (χ1) is 15.6. The fraction of sp³-hybridized carbons (Fsp3) is 0.692. The number of aliphatic carboxylic acids is 1. The van der Waals surface area contributed by atoms with E-state index in [9.17, 15) is 9.90 Å². The number of carboxylic acid groups (broad SMARTS) is 1. The monoisotopic (exact) mass is 456 g/mol. The predicted molar refractivity (Wildman–Crippen MR) is 130 cm³/mol. The number of hydrogen-bond acceptors (Lipinski definition) is 3. The molecule has 1 aromatic rings. The Kier molecular flexibility index (Phi) is 6.63. The molecule has 3 aliphatic rings. The molecule has 0 saturated heterocycles. The maximum Gasteiger partial charge on any atom is 0.326 e. The zero-order valence-electron chi connectivity index (χ0n) is 20.3. The SMILES string of the molecule is CC1(C)CCCC2(C)C3=C(CCC12)COC(c1ccn(C(CCCN=C(N)N)C(=O)O)c1)C3. The van der Waals surface area contributed by atoms with E-state index in [4.69, 9.17) is 16.2 Å². The molecule has 182 valence electrons. The van der Waals surface area contributed by atoms with E-state index < -0.39 is 12.0 Å². The number of fused-ring (bicyclic) bond motifs is 2. The van der Waals surface area contributed by atoms with E-state index in [-0.39, 0.29) is 17.5 Å². The van der Waals surface area contributed by atoms with Crippen molar-refractivity contribution in [2.45, 2.75) is 84.3 Å². The average molecular weight is 457 g/mol. The lowest BCUT2D eigenvalue weighted by Gasteiger charge is -2.56.